The monoisotopic (exact) mass is 190 g/mol. The summed E-state index contributed by atoms with van der Waals surface area (Å²) >= 11 is 0. The first-order valence-electron chi connectivity index (χ1n) is 4.78. The molecule has 0 bridgehead atoms. The summed E-state index contributed by atoms with van der Waals surface area (Å²) in [6.07, 6.45) is 0.713. The van der Waals surface area contributed by atoms with Crippen LogP contribution in [0, 0.1) is 6.92 Å². The summed E-state index contributed by atoms with van der Waals surface area (Å²) in [6, 6.07) is 6.11. The number of hydrogen-bond acceptors (Lipinski definition) is 2. The van der Waals surface area contributed by atoms with Crippen LogP contribution >= 0.6 is 0 Å². The molecule has 1 aliphatic rings. The lowest BCUT2D eigenvalue weighted by molar-refractivity contribution is -0.120. The molecule has 0 saturated carbocycles. The van der Waals surface area contributed by atoms with Crippen LogP contribution in [0.15, 0.2) is 18.2 Å². The number of aryl methyl sites for hydroxylation is 1. The van der Waals surface area contributed by atoms with Crippen molar-refractivity contribution in [3.63, 3.8) is 0 Å². The van der Waals surface area contributed by atoms with E-state index in [1.807, 2.05) is 0 Å². The maximum absolute atomic E-state index is 11.0. The van der Waals surface area contributed by atoms with Gasteiger partial charge in [-0.15, -0.1) is 0 Å². The van der Waals surface area contributed by atoms with Gasteiger partial charge in [-0.05, 0) is 24.5 Å². The fraction of sp³-hybridized carbons (Fsp3) is 0.364. The average Bonchev–Trinajstić information content (AvgIpc) is 2.16. The average molecular weight is 190 g/mol. The molecule has 3 heteroatoms. The first-order chi connectivity index (χ1) is 6.66. The molecule has 2 rings (SSSR count). The molecule has 74 valence electrons. The third-order valence-electron chi connectivity index (χ3n) is 2.67. The Morgan fingerprint density at radius 1 is 1.50 bits per heavy atom. The lowest BCUT2D eigenvalue weighted by atomic mass is 9.94. The molecule has 0 spiro atoms. The molecule has 0 radical (unpaired) electrons. The number of rotatable bonds is 1. The summed E-state index contributed by atoms with van der Waals surface area (Å²) in [7, 11) is 0. The van der Waals surface area contributed by atoms with Gasteiger partial charge in [-0.25, -0.2) is 0 Å². The Morgan fingerprint density at radius 3 is 3.00 bits per heavy atom. The minimum Gasteiger partial charge on any atom is -0.368 e. The van der Waals surface area contributed by atoms with Crippen molar-refractivity contribution in [1.29, 1.82) is 0 Å². The zero-order valence-corrected chi connectivity index (χ0v) is 8.21. The van der Waals surface area contributed by atoms with Crippen LogP contribution < -0.4 is 11.1 Å². The van der Waals surface area contributed by atoms with E-state index in [9.17, 15) is 4.79 Å². The first kappa shape index (κ1) is 9.21. The zero-order valence-electron chi connectivity index (χ0n) is 8.21. The molecule has 1 aliphatic heterocycles. The molecule has 0 unspecified atom stereocenters. The van der Waals surface area contributed by atoms with Gasteiger partial charge < -0.3 is 11.1 Å². The molecule has 3 N–H and O–H groups in total. The Balaban J connectivity index is 2.27. The van der Waals surface area contributed by atoms with E-state index in [2.05, 4.69) is 30.4 Å². The number of carbonyl (C=O) groups is 1. The van der Waals surface area contributed by atoms with E-state index in [0.717, 1.165) is 6.54 Å². The normalized spacial score (nSPS) is 20.2. The lowest BCUT2D eigenvalue weighted by Gasteiger charge is -2.24. The molecule has 0 fully saturated rings. The second-order valence-electron chi connectivity index (χ2n) is 3.81. The Bertz CT molecular complexity index is 374. The molecule has 1 aromatic carbocycles. The van der Waals surface area contributed by atoms with E-state index in [1.165, 1.54) is 16.7 Å². The van der Waals surface area contributed by atoms with E-state index in [-0.39, 0.29) is 11.9 Å². The van der Waals surface area contributed by atoms with Crippen LogP contribution in [0.1, 0.15) is 16.7 Å². The van der Waals surface area contributed by atoms with Crippen molar-refractivity contribution >= 4 is 5.91 Å². The number of amides is 1. The molecule has 3 nitrogen and oxygen atoms in total. The molecule has 0 aliphatic carbocycles. The summed E-state index contributed by atoms with van der Waals surface area (Å²) in [5.74, 6) is -0.267. The fourth-order valence-corrected chi connectivity index (χ4v) is 1.84. The van der Waals surface area contributed by atoms with Crippen LogP contribution in [0.25, 0.3) is 0 Å². The number of primary amides is 1. The molecule has 1 heterocycles. The van der Waals surface area contributed by atoms with E-state index < -0.39 is 0 Å². The Hall–Kier alpha value is -1.35. The first-order valence-corrected chi connectivity index (χ1v) is 4.78. The maximum atomic E-state index is 11.0. The van der Waals surface area contributed by atoms with E-state index >= 15 is 0 Å². The highest BCUT2D eigenvalue weighted by molar-refractivity contribution is 5.80. The van der Waals surface area contributed by atoms with E-state index in [0.29, 0.717) is 6.42 Å². The molecular weight excluding hydrogens is 176 g/mol. The zero-order chi connectivity index (χ0) is 10.1. The van der Waals surface area contributed by atoms with Crippen molar-refractivity contribution in [2.45, 2.75) is 25.9 Å². The van der Waals surface area contributed by atoms with Gasteiger partial charge in [0.1, 0.15) is 0 Å². The number of hydrogen-bond donors (Lipinski definition) is 2. The maximum Gasteiger partial charge on any atom is 0.234 e. The van der Waals surface area contributed by atoms with Crippen LogP contribution in [0.2, 0.25) is 0 Å². The predicted molar refractivity (Wildman–Crippen MR) is 54.7 cm³/mol. The highest BCUT2D eigenvalue weighted by Gasteiger charge is 2.21. The van der Waals surface area contributed by atoms with Gasteiger partial charge >= 0.3 is 0 Å². The quantitative estimate of drug-likeness (QED) is 0.677. The van der Waals surface area contributed by atoms with Gasteiger partial charge in [-0.3, -0.25) is 4.79 Å². The Morgan fingerprint density at radius 2 is 2.29 bits per heavy atom. The summed E-state index contributed by atoms with van der Waals surface area (Å²) in [6.45, 7) is 2.81. The number of fused-ring (bicyclic) bond motifs is 1. The van der Waals surface area contributed by atoms with Crippen LogP contribution in [0.3, 0.4) is 0 Å². The highest BCUT2D eigenvalue weighted by Crippen LogP contribution is 2.17. The van der Waals surface area contributed by atoms with Crippen molar-refractivity contribution in [2.75, 3.05) is 0 Å². The Labute approximate surface area is 83.3 Å². The van der Waals surface area contributed by atoms with Crippen molar-refractivity contribution < 1.29 is 4.79 Å². The minimum atomic E-state index is -0.267. The van der Waals surface area contributed by atoms with E-state index in [4.69, 9.17) is 5.73 Å². The third-order valence-corrected chi connectivity index (χ3v) is 2.67. The second kappa shape index (κ2) is 3.42. The third kappa shape index (κ3) is 1.63. The minimum absolute atomic E-state index is 0.204. The van der Waals surface area contributed by atoms with Gasteiger partial charge in [0.2, 0.25) is 5.91 Å². The fourth-order valence-electron chi connectivity index (χ4n) is 1.84. The van der Waals surface area contributed by atoms with Crippen LogP contribution in [-0.4, -0.2) is 11.9 Å². The predicted octanol–water partition coefficient (Wildman–Crippen LogP) is 0.495. The second-order valence-corrected chi connectivity index (χ2v) is 3.81. The summed E-state index contributed by atoms with van der Waals surface area (Å²) in [5.41, 5.74) is 9.02. The van der Waals surface area contributed by atoms with Crippen LogP contribution in [-0.2, 0) is 17.8 Å². The molecule has 14 heavy (non-hydrogen) atoms. The molecule has 1 atom stereocenters. The number of benzene rings is 1. The van der Waals surface area contributed by atoms with E-state index in [1.54, 1.807) is 0 Å². The van der Waals surface area contributed by atoms with Crippen molar-refractivity contribution in [3.05, 3.63) is 34.9 Å². The van der Waals surface area contributed by atoms with Gasteiger partial charge in [0.25, 0.3) is 0 Å². The smallest absolute Gasteiger partial charge is 0.234 e. The molecular formula is C11H14N2O. The SMILES string of the molecule is Cc1ccc2c(c1)CN[C@H](C(N)=O)C2. The number of carbonyl (C=O) groups excluding carboxylic acids is 1. The van der Waals surface area contributed by atoms with Crippen molar-refractivity contribution in [2.24, 2.45) is 5.73 Å². The number of nitrogens with one attached hydrogen (secondary N) is 1. The van der Waals surface area contributed by atoms with Crippen LogP contribution in [0.5, 0.6) is 0 Å². The standard InChI is InChI=1S/C11H14N2O/c1-7-2-3-8-5-10(11(12)14)13-6-9(8)4-7/h2-4,10,13H,5-6H2,1H3,(H2,12,14)/t10-/m0/s1. The molecule has 1 amide bonds. The van der Waals surface area contributed by atoms with Crippen LogP contribution in [0.4, 0.5) is 0 Å². The van der Waals surface area contributed by atoms with Gasteiger partial charge in [-0.2, -0.15) is 0 Å². The van der Waals surface area contributed by atoms with Crippen molar-refractivity contribution in [3.8, 4) is 0 Å². The summed E-state index contributed by atoms with van der Waals surface area (Å²) in [5, 5.41) is 3.13. The van der Waals surface area contributed by atoms with Gasteiger partial charge in [0.15, 0.2) is 0 Å². The van der Waals surface area contributed by atoms with Crippen molar-refractivity contribution in [1.82, 2.24) is 5.32 Å². The van der Waals surface area contributed by atoms with Gasteiger partial charge in [0.05, 0.1) is 6.04 Å². The Kier molecular flexibility index (Phi) is 2.25. The topological polar surface area (TPSA) is 55.1 Å². The largest absolute Gasteiger partial charge is 0.368 e. The molecule has 1 aromatic rings. The lowest BCUT2D eigenvalue weighted by Crippen LogP contribution is -2.45. The summed E-state index contributed by atoms with van der Waals surface area (Å²) < 4.78 is 0. The number of nitrogens with two attached hydrogens (primary N) is 1. The molecule has 0 saturated heterocycles. The van der Waals surface area contributed by atoms with Gasteiger partial charge in [0, 0.05) is 6.54 Å². The summed E-state index contributed by atoms with van der Waals surface area (Å²) in [4.78, 5) is 11.0. The molecule has 0 aromatic heterocycles. The van der Waals surface area contributed by atoms with Gasteiger partial charge in [-0.1, -0.05) is 23.8 Å². The highest BCUT2D eigenvalue weighted by atomic mass is 16.1.